The SMILES string of the molecule is CC(C)N(C)CCNC(=NCc1ccccc1)N(C)C.I. The third kappa shape index (κ3) is 8.26. The number of likely N-dealkylation sites (N-methyl/N-ethyl adjacent to an activating group) is 1. The lowest BCUT2D eigenvalue weighted by molar-refractivity contribution is 0.277. The van der Waals surface area contributed by atoms with Crippen LogP contribution in [0.4, 0.5) is 0 Å². The fraction of sp³-hybridized carbons (Fsp3) is 0.562. The number of benzene rings is 1. The molecular weight excluding hydrogens is 375 g/mol. The molecule has 0 aliphatic heterocycles. The zero-order valence-corrected chi connectivity index (χ0v) is 16.2. The minimum Gasteiger partial charge on any atom is -0.355 e. The molecule has 0 aliphatic rings. The Morgan fingerprint density at radius 1 is 1.14 bits per heavy atom. The molecule has 4 nitrogen and oxygen atoms in total. The zero-order chi connectivity index (χ0) is 15.0. The van der Waals surface area contributed by atoms with E-state index in [1.165, 1.54) is 5.56 Å². The lowest BCUT2D eigenvalue weighted by Gasteiger charge is -2.23. The molecule has 21 heavy (non-hydrogen) atoms. The summed E-state index contributed by atoms with van der Waals surface area (Å²) in [6, 6.07) is 10.9. The van der Waals surface area contributed by atoms with Crippen LogP contribution in [-0.2, 0) is 6.54 Å². The van der Waals surface area contributed by atoms with Gasteiger partial charge in [-0.15, -0.1) is 24.0 Å². The highest BCUT2D eigenvalue weighted by Gasteiger charge is 2.04. The van der Waals surface area contributed by atoms with Gasteiger partial charge in [-0.1, -0.05) is 30.3 Å². The quantitative estimate of drug-likeness (QED) is 0.449. The van der Waals surface area contributed by atoms with Crippen molar-refractivity contribution < 1.29 is 0 Å². The smallest absolute Gasteiger partial charge is 0.193 e. The van der Waals surface area contributed by atoms with Crippen molar-refractivity contribution in [2.75, 3.05) is 34.2 Å². The molecule has 0 atom stereocenters. The van der Waals surface area contributed by atoms with Gasteiger partial charge < -0.3 is 15.1 Å². The summed E-state index contributed by atoms with van der Waals surface area (Å²) in [5, 5.41) is 3.41. The molecule has 0 bridgehead atoms. The van der Waals surface area contributed by atoms with E-state index in [1.807, 2.05) is 37.2 Å². The van der Waals surface area contributed by atoms with Gasteiger partial charge in [0.2, 0.25) is 0 Å². The first-order valence-corrected chi connectivity index (χ1v) is 7.20. The Morgan fingerprint density at radius 2 is 1.76 bits per heavy atom. The summed E-state index contributed by atoms with van der Waals surface area (Å²) < 4.78 is 0. The van der Waals surface area contributed by atoms with E-state index in [-0.39, 0.29) is 24.0 Å². The molecule has 1 aromatic rings. The first-order valence-electron chi connectivity index (χ1n) is 7.20. The summed E-state index contributed by atoms with van der Waals surface area (Å²) in [7, 11) is 6.18. The second-order valence-electron chi connectivity index (χ2n) is 5.52. The Labute approximate surface area is 146 Å². The minimum absolute atomic E-state index is 0. The van der Waals surface area contributed by atoms with Crippen molar-refractivity contribution in [3.63, 3.8) is 0 Å². The predicted molar refractivity (Wildman–Crippen MR) is 102 cm³/mol. The number of hydrogen-bond donors (Lipinski definition) is 1. The van der Waals surface area contributed by atoms with Crippen molar-refractivity contribution in [3.05, 3.63) is 35.9 Å². The monoisotopic (exact) mass is 404 g/mol. The summed E-state index contributed by atoms with van der Waals surface area (Å²) in [6.45, 7) is 7.03. The van der Waals surface area contributed by atoms with Gasteiger partial charge in [0.1, 0.15) is 0 Å². The second-order valence-corrected chi connectivity index (χ2v) is 5.52. The van der Waals surface area contributed by atoms with E-state index in [9.17, 15) is 0 Å². The first kappa shape index (κ1) is 20.2. The molecule has 0 amide bonds. The lowest BCUT2D eigenvalue weighted by atomic mass is 10.2. The molecule has 0 unspecified atom stereocenters. The summed E-state index contributed by atoms with van der Waals surface area (Å²) >= 11 is 0. The highest BCUT2D eigenvalue weighted by Crippen LogP contribution is 2.00. The van der Waals surface area contributed by atoms with Crippen LogP contribution in [0.2, 0.25) is 0 Å². The molecule has 0 fully saturated rings. The fourth-order valence-electron chi connectivity index (χ4n) is 1.71. The van der Waals surface area contributed by atoms with Gasteiger partial charge >= 0.3 is 0 Å². The molecular formula is C16H29IN4. The Kier molecular flexibility index (Phi) is 10.4. The van der Waals surface area contributed by atoms with E-state index in [1.54, 1.807) is 0 Å². The molecule has 1 aromatic carbocycles. The van der Waals surface area contributed by atoms with Crippen molar-refractivity contribution in [1.82, 2.24) is 15.1 Å². The average Bonchev–Trinajstić information content (AvgIpc) is 2.42. The number of aliphatic imine (C=N–C) groups is 1. The summed E-state index contributed by atoms with van der Waals surface area (Å²) in [4.78, 5) is 8.99. The van der Waals surface area contributed by atoms with Gasteiger partial charge in [-0.3, -0.25) is 0 Å². The molecule has 1 N–H and O–H groups in total. The van der Waals surface area contributed by atoms with Gasteiger partial charge in [-0.25, -0.2) is 4.99 Å². The number of rotatable bonds is 6. The molecule has 0 saturated carbocycles. The number of halogens is 1. The Morgan fingerprint density at radius 3 is 2.29 bits per heavy atom. The van der Waals surface area contributed by atoms with Crippen LogP contribution in [0.3, 0.4) is 0 Å². The molecule has 0 radical (unpaired) electrons. The third-order valence-electron chi connectivity index (χ3n) is 3.31. The minimum atomic E-state index is 0. The molecule has 0 heterocycles. The van der Waals surface area contributed by atoms with Gasteiger partial charge in [0.15, 0.2) is 5.96 Å². The van der Waals surface area contributed by atoms with Crippen LogP contribution < -0.4 is 5.32 Å². The van der Waals surface area contributed by atoms with E-state index in [0.29, 0.717) is 12.6 Å². The maximum absolute atomic E-state index is 4.65. The van der Waals surface area contributed by atoms with Crippen LogP contribution in [0.5, 0.6) is 0 Å². The van der Waals surface area contributed by atoms with E-state index < -0.39 is 0 Å². The van der Waals surface area contributed by atoms with Crippen molar-refractivity contribution in [1.29, 1.82) is 0 Å². The summed E-state index contributed by atoms with van der Waals surface area (Å²) in [5.41, 5.74) is 1.23. The van der Waals surface area contributed by atoms with Crippen molar-refractivity contribution in [3.8, 4) is 0 Å². The standard InChI is InChI=1S/C16H28N4.HI/c1-14(2)20(5)12-11-17-16(19(3)4)18-13-15-9-7-6-8-10-15;/h6-10,14H,11-13H2,1-5H3,(H,17,18);1H. The van der Waals surface area contributed by atoms with E-state index >= 15 is 0 Å². The van der Waals surface area contributed by atoms with Crippen LogP contribution in [0.15, 0.2) is 35.3 Å². The van der Waals surface area contributed by atoms with Crippen LogP contribution >= 0.6 is 24.0 Å². The second kappa shape index (κ2) is 10.8. The number of guanidine groups is 1. The van der Waals surface area contributed by atoms with E-state index in [4.69, 9.17) is 0 Å². The van der Waals surface area contributed by atoms with Crippen LogP contribution in [0.25, 0.3) is 0 Å². The van der Waals surface area contributed by atoms with Crippen molar-refractivity contribution >= 4 is 29.9 Å². The highest BCUT2D eigenvalue weighted by molar-refractivity contribution is 14.0. The maximum Gasteiger partial charge on any atom is 0.193 e. The van der Waals surface area contributed by atoms with Gasteiger partial charge in [-0.05, 0) is 26.5 Å². The van der Waals surface area contributed by atoms with E-state index in [2.05, 4.69) is 48.2 Å². The largest absolute Gasteiger partial charge is 0.355 e. The third-order valence-corrected chi connectivity index (χ3v) is 3.31. The predicted octanol–water partition coefficient (Wildman–Crippen LogP) is 2.65. The van der Waals surface area contributed by atoms with Gasteiger partial charge in [0, 0.05) is 33.2 Å². The number of nitrogens with zero attached hydrogens (tertiary/aromatic N) is 3. The Bertz CT molecular complexity index is 404. The number of nitrogens with one attached hydrogen (secondary N) is 1. The molecule has 0 aromatic heterocycles. The normalized spacial score (nSPS) is 11.5. The summed E-state index contributed by atoms with van der Waals surface area (Å²) in [5.74, 6) is 0.936. The fourth-order valence-corrected chi connectivity index (χ4v) is 1.71. The summed E-state index contributed by atoms with van der Waals surface area (Å²) in [6.07, 6.45) is 0. The maximum atomic E-state index is 4.65. The topological polar surface area (TPSA) is 30.9 Å². The van der Waals surface area contributed by atoms with Crippen LogP contribution in [0.1, 0.15) is 19.4 Å². The Balaban J connectivity index is 0.00000400. The van der Waals surface area contributed by atoms with Crippen LogP contribution in [0, 0.1) is 0 Å². The average molecular weight is 404 g/mol. The molecule has 0 aliphatic carbocycles. The van der Waals surface area contributed by atoms with Gasteiger partial charge in [0.05, 0.1) is 6.54 Å². The molecule has 1 rings (SSSR count). The first-order chi connectivity index (χ1) is 9.50. The zero-order valence-electron chi connectivity index (χ0n) is 13.8. The van der Waals surface area contributed by atoms with E-state index in [0.717, 1.165) is 19.0 Å². The van der Waals surface area contributed by atoms with Gasteiger partial charge in [0.25, 0.3) is 0 Å². The lowest BCUT2D eigenvalue weighted by Crippen LogP contribution is -2.41. The molecule has 120 valence electrons. The number of hydrogen-bond acceptors (Lipinski definition) is 2. The Hall–Kier alpha value is -0.820. The highest BCUT2D eigenvalue weighted by atomic mass is 127. The van der Waals surface area contributed by atoms with Crippen molar-refractivity contribution in [2.24, 2.45) is 4.99 Å². The van der Waals surface area contributed by atoms with Gasteiger partial charge in [-0.2, -0.15) is 0 Å². The molecule has 0 spiro atoms. The molecule has 5 heteroatoms. The molecule has 0 saturated heterocycles. The van der Waals surface area contributed by atoms with Crippen molar-refractivity contribution in [2.45, 2.75) is 26.4 Å². The van der Waals surface area contributed by atoms with Crippen LogP contribution in [-0.4, -0.2) is 56.0 Å².